The van der Waals surface area contributed by atoms with Crippen molar-refractivity contribution in [2.45, 2.75) is 38.6 Å². The van der Waals surface area contributed by atoms with E-state index in [1.807, 2.05) is 41.2 Å². The molecule has 0 saturated carbocycles. The van der Waals surface area contributed by atoms with Gasteiger partial charge >= 0.3 is 0 Å². The van der Waals surface area contributed by atoms with Gasteiger partial charge < -0.3 is 10.6 Å². The SMILES string of the molecule is O=C(CCCCCCn1cc(Nc2ncc(Cl)c(Nc3ccccc3)n2)cn1)NO. The van der Waals surface area contributed by atoms with Crippen molar-refractivity contribution in [3.63, 3.8) is 0 Å². The summed E-state index contributed by atoms with van der Waals surface area (Å²) in [6.07, 6.45) is 9.11. The highest BCUT2D eigenvalue weighted by atomic mass is 35.5. The fourth-order valence-corrected chi connectivity index (χ4v) is 2.96. The fraction of sp³-hybridized carbons (Fsp3) is 0.300. The molecule has 0 unspecified atom stereocenters. The predicted molar refractivity (Wildman–Crippen MR) is 115 cm³/mol. The molecule has 0 atom stereocenters. The van der Waals surface area contributed by atoms with Crippen molar-refractivity contribution < 1.29 is 10.0 Å². The van der Waals surface area contributed by atoms with Crippen molar-refractivity contribution in [1.82, 2.24) is 25.2 Å². The van der Waals surface area contributed by atoms with Crippen molar-refractivity contribution in [3.8, 4) is 0 Å². The van der Waals surface area contributed by atoms with Gasteiger partial charge in [-0.25, -0.2) is 10.5 Å². The Labute approximate surface area is 179 Å². The Morgan fingerprint density at radius 2 is 1.83 bits per heavy atom. The molecule has 0 aliphatic carbocycles. The molecule has 0 saturated heterocycles. The molecular weight excluding hydrogens is 406 g/mol. The Bertz CT molecular complexity index is 949. The molecule has 0 aliphatic rings. The molecule has 1 amide bonds. The quantitative estimate of drug-likeness (QED) is 0.204. The number of benzene rings is 1. The number of hydroxylamine groups is 1. The third kappa shape index (κ3) is 6.71. The molecule has 2 heterocycles. The van der Waals surface area contributed by atoms with Crippen LogP contribution in [0.3, 0.4) is 0 Å². The first-order valence-corrected chi connectivity index (χ1v) is 10.1. The molecule has 0 aliphatic heterocycles. The summed E-state index contributed by atoms with van der Waals surface area (Å²) in [5.41, 5.74) is 3.30. The fourth-order valence-electron chi connectivity index (χ4n) is 2.82. The number of nitrogens with one attached hydrogen (secondary N) is 3. The Hall–Kier alpha value is -3.17. The van der Waals surface area contributed by atoms with E-state index in [0.29, 0.717) is 23.2 Å². The van der Waals surface area contributed by atoms with Gasteiger partial charge in [-0.15, -0.1) is 0 Å². The second-order valence-electron chi connectivity index (χ2n) is 6.70. The number of rotatable bonds is 11. The summed E-state index contributed by atoms with van der Waals surface area (Å²) in [6, 6.07) is 9.65. The standard InChI is InChI=1S/C20H24ClN7O2/c21-17-13-22-20(26-19(17)24-15-8-4-3-5-9-15)25-16-12-23-28(14-16)11-7-2-1-6-10-18(29)27-30/h3-5,8-9,12-14,30H,1-2,6-7,10-11H2,(H,27,29)(H2,22,24,25,26). The van der Waals surface area contributed by atoms with Gasteiger partial charge in [0.1, 0.15) is 5.02 Å². The zero-order chi connectivity index (χ0) is 21.2. The largest absolute Gasteiger partial charge is 0.339 e. The Morgan fingerprint density at radius 3 is 2.63 bits per heavy atom. The summed E-state index contributed by atoms with van der Waals surface area (Å²) >= 11 is 6.21. The molecule has 0 radical (unpaired) electrons. The second kappa shape index (κ2) is 11.1. The average molecular weight is 430 g/mol. The van der Waals surface area contributed by atoms with Crippen LogP contribution in [0.1, 0.15) is 32.1 Å². The molecule has 4 N–H and O–H groups in total. The van der Waals surface area contributed by atoms with E-state index in [1.54, 1.807) is 17.9 Å². The van der Waals surface area contributed by atoms with Crippen molar-refractivity contribution in [2.24, 2.45) is 0 Å². The van der Waals surface area contributed by atoms with Crippen LogP contribution in [0.2, 0.25) is 5.02 Å². The Kier molecular flexibility index (Phi) is 7.99. The molecule has 2 aromatic heterocycles. The zero-order valence-electron chi connectivity index (χ0n) is 16.4. The molecule has 10 heteroatoms. The van der Waals surface area contributed by atoms with Crippen LogP contribution in [-0.4, -0.2) is 30.9 Å². The lowest BCUT2D eigenvalue weighted by atomic mass is 10.1. The van der Waals surface area contributed by atoms with Crippen molar-refractivity contribution in [3.05, 3.63) is 53.9 Å². The first-order valence-electron chi connectivity index (χ1n) is 9.71. The number of anilines is 4. The van der Waals surface area contributed by atoms with E-state index in [0.717, 1.165) is 43.6 Å². The van der Waals surface area contributed by atoms with E-state index in [4.69, 9.17) is 16.8 Å². The van der Waals surface area contributed by atoms with Gasteiger partial charge in [0.15, 0.2) is 5.82 Å². The number of carbonyl (C=O) groups excluding carboxylic acids is 1. The van der Waals surface area contributed by atoms with Crippen LogP contribution in [0.25, 0.3) is 0 Å². The van der Waals surface area contributed by atoms with Crippen LogP contribution in [-0.2, 0) is 11.3 Å². The van der Waals surface area contributed by atoms with Gasteiger partial charge in [0.2, 0.25) is 11.9 Å². The zero-order valence-corrected chi connectivity index (χ0v) is 17.1. The highest BCUT2D eigenvalue weighted by Crippen LogP contribution is 2.24. The highest BCUT2D eigenvalue weighted by molar-refractivity contribution is 6.32. The molecular formula is C20H24ClN7O2. The number of amides is 1. The molecule has 0 bridgehead atoms. The number of aromatic nitrogens is 4. The number of hydrogen-bond donors (Lipinski definition) is 4. The number of nitrogens with zero attached hydrogens (tertiary/aromatic N) is 4. The van der Waals surface area contributed by atoms with Crippen LogP contribution in [0.4, 0.5) is 23.1 Å². The minimum Gasteiger partial charge on any atom is -0.339 e. The lowest BCUT2D eigenvalue weighted by Gasteiger charge is -2.09. The van der Waals surface area contributed by atoms with E-state index >= 15 is 0 Å². The summed E-state index contributed by atoms with van der Waals surface area (Å²) < 4.78 is 1.85. The maximum atomic E-state index is 10.9. The Morgan fingerprint density at radius 1 is 1.03 bits per heavy atom. The van der Waals surface area contributed by atoms with Crippen LogP contribution < -0.4 is 16.1 Å². The summed E-state index contributed by atoms with van der Waals surface area (Å²) in [5, 5.41) is 19.5. The van der Waals surface area contributed by atoms with Gasteiger partial charge in [0.25, 0.3) is 0 Å². The normalized spacial score (nSPS) is 10.6. The van der Waals surface area contributed by atoms with Gasteiger partial charge in [-0.05, 0) is 25.0 Å². The maximum Gasteiger partial charge on any atom is 0.243 e. The molecule has 30 heavy (non-hydrogen) atoms. The first kappa shape index (κ1) is 21.5. The monoisotopic (exact) mass is 429 g/mol. The lowest BCUT2D eigenvalue weighted by Crippen LogP contribution is -2.17. The minimum absolute atomic E-state index is 0.342. The van der Waals surface area contributed by atoms with Crippen LogP contribution >= 0.6 is 11.6 Å². The summed E-state index contributed by atoms with van der Waals surface area (Å²) in [7, 11) is 0. The first-order chi connectivity index (χ1) is 14.6. The number of hydrogen-bond acceptors (Lipinski definition) is 7. The van der Waals surface area contributed by atoms with Gasteiger partial charge in [-0.2, -0.15) is 10.1 Å². The highest BCUT2D eigenvalue weighted by Gasteiger charge is 2.08. The van der Waals surface area contributed by atoms with E-state index in [1.165, 1.54) is 0 Å². The average Bonchev–Trinajstić information content (AvgIpc) is 3.20. The number of unbranched alkanes of at least 4 members (excludes halogenated alkanes) is 3. The number of halogens is 1. The third-order valence-electron chi connectivity index (χ3n) is 4.34. The topological polar surface area (TPSA) is 117 Å². The molecule has 1 aromatic carbocycles. The molecule has 9 nitrogen and oxygen atoms in total. The van der Waals surface area contributed by atoms with Crippen molar-refractivity contribution in [1.29, 1.82) is 0 Å². The molecule has 0 spiro atoms. The number of para-hydroxylation sites is 1. The van der Waals surface area contributed by atoms with E-state index < -0.39 is 0 Å². The number of aryl methyl sites for hydroxylation is 1. The molecule has 3 aromatic rings. The molecule has 3 rings (SSSR count). The minimum atomic E-state index is -0.343. The predicted octanol–water partition coefficient (Wildman–Crippen LogP) is 4.27. The van der Waals surface area contributed by atoms with E-state index in [-0.39, 0.29) is 5.91 Å². The van der Waals surface area contributed by atoms with Crippen LogP contribution in [0.5, 0.6) is 0 Å². The summed E-state index contributed by atoms with van der Waals surface area (Å²) in [4.78, 5) is 19.6. The molecule has 158 valence electrons. The van der Waals surface area contributed by atoms with Crippen LogP contribution in [0.15, 0.2) is 48.9 Å². The summed E-state index contributed by atoms with van der Waals surface area (Å²) in [6.45, 7) is 0.774. The van der Waals surface area contributed by atoms with Gasteiger partial charge in [0.05, 0.1) is 18.1 Å². The van der Waals surface area contributed by atoms with Gasteiger partial charge in [0, 0.05) is 24.8 Å². The Balaban J connectivity index is 1.48. The third-order valence-corrected chi connectivity index (χ3v) is 4.61. The van der Waals surface area contributed by atoms with E-state index in [9.17, 15) is 4.79 Å². The van der Waals surface area contributed by atoms with Gasteiger partial charge in [-0.1, -0.05) is 42.6 Å². The summed E-state index contributed by atoms with van der Waals surface area (Å²) in [5.74, 6) is 0.589. The molecule has 0 fully saturated rings. The maximum absolute atomic E-state index is 10.9. The van der Waals surface area contributed by atoms with E-state index in [2.05, 4.69) is 25.7 Å². The number of carbonyl (C=O) groups is 1. The van der Waals surface area contributed by atoms with Gasteiger partial charge in [-0.3, -0.25) is 14.7 Å². The smallest absolute Gasteiger partial charge is 0.243 e. The lowest BCUT2D eigenvalue weighted by molar-refractivity contribution is -0.129. The second-order valence-corrected chi connectivity index (χ2v) is 7.10. The van der Waals surface area contributed by atoms with Crippen molar-refractivity contribution >= 4 is 40.6 Å². The van der Waals surface area contributed by atoms with Crippen molar-refractivity contribution in [2.75, 3.05) is 10.6 Å². The van der Waals surface area contributed by atoms with Crippen LogP contribution in [0, 0.1) is 0 Å².